The SMILES string of the molecule is Cc1ccc(-c2nc3ccc(C)cn3c2CC(=O)N(C)C)cc1.O=C1Nc2ccc(Cl)cc2C(c2ccccc2Cl)=NC1O. The first-order valence-electron chi connectivity index (χ1n) is 13.9. The molecule has 0 saturated heterocycles. The predicted molar refractivity (Wildman–Crippen MR) is 176 cm³/mol. The lowest BCUT2D eigenvalue weighted by molar-refractivity contribution is -0.128. The third-order valence-corrected chi connectivity index (χ3v) is 7.68. The zero-order valence-electron chi connectivity index (χ0n) is 24.7. The van der Waals surface area contributed by atoms with Crippen LogP contribution in [0.2, 0.25) is 10.0 Å². The van der Waals surface area contributed by atoms with Crippen LogP contribution < -0.4 is 5.32 Å². The molecule has 0 fully saturated rings. The number of aryl methyl sites for hydroxylation is 2. The number of anilines is 1. The molecule has 5 aromatic rings. The monoisotopic (exact) mass is 627 g/mol. The molecule has 8 nitrogen and oxygen atoms in total. The minimum absolute atomic E-state index is 0.0710. The van der Waals surface area contributed by atoms with Gasteiger partial charge >= 0.3 is 0 Å². The van der Waals surface area contributed by atoms with Gasteiger partial charge in [-0.3, -0.25) is 9.59 Å². The fourth-order valence-electron chi connectivity index (χ4n) is 4.75. The molecule has 3 aromatic carbocycles. The molecule has 1 aliphatic rings. The summed E-state index contributed by atoms with van der Waals surface area (Å²) >= 11 is 12.2. The van der Waals surface area contributed by atoms with Gasteiger partial charge in [0.2, 0.25) is 12.1 Å². The van der Waals surface area contributed by atoms with Crippen LogP contribution in [-0.4, -0.2) is 57.2 Å². The molecule has 0 spiro atoms. The van der Waals surface area contributed by atoms with Crippen molar-refractivity contribution in [2.45, 2.75) is 26.5 Å². The molecule has 2 amide bonds. The number of carbonyl (C=O) groups excluding carboxylic acids is 2. The summed E-state index contributed by atoms with van der Waals surface area (Å²) in [6.45, 7) is 4.11. The van der Waals surface area contributed by atoms with Crippen LogP contribution in [0.1, 0.15) is 27.9 Å². The average Bonchev–Trinajstić information content (AvgIpc) is 3.28. The number of fused-ring (bicyclic) bond motifs is 2. The first kappa shape index (κ1) is 30.9. The van der Waals surface area contributed by atoms with Crippen LogP contribution in [0.15, 0.2) is 90.1 Å². The van der Waals surface area contributed by atoms with Crippen molar-refractivity contribution in [1.29, 1.82) is 0 Å². The summed E-state index contributed by atoms with van der Waals surface area (Å²) in [6, 6.07) is 24.4. The fraction of sp³-hybridized carbons (Fsp3) is 0.176. The van der Waals surface area contributed by atoms with E-state index in [4.69, 9.17) is 28.2 Å². The molecule has 3 heterocycles. The van der Waals surface area contributed by atoms with Crippen LogP contribution >= 0.6 is 23.2 Å². The molecule has 0 radical (unpaired) electrons. The van der Waals surface area contributed by atoms with Crippen LogP contribution in [0.4, 0.5) is 5.69 Å². The standard InChI is InChI=1S/C19H21N3O.C15H10Cl2N2O2/c1-13-5-8-15(9-6-13)19-16(11-18(23)21(3)4)22-12-14(2)7-10-17(22)20-19;16-8-5-6-12-10(7-8)13(19-15(21)14(20)18-12)9-3-1-2-4-11(9)17/h5-10,12H,11H2,1-4H3;1-7,15,21H,(H,18,20). The molecule has 1 atom stereocenters. The quantitative estimate of drug-likeness (QED) is 0.242. The number of rotatable bonds is 4. The van der Waals surface area contributed by atoms with Crippen molar-refractivity contribution in [3.63, 3.8) is 0 Å². The molecule has 0 aliphatic carbocycles. The van der Waals surface area contributed by atoms with Crippen molar-refractivity contribution >= 4 is 52.1 Å². The Kier molecular flexibility index (Phi) is 9.15. The zero-order valence-corrected chi connectivity index (χ0v) is 26.2. The molecular weight excluding hydrogens is 597 g/mol. The molecule has 2 aromatic heterocycles. The number of aliphatic hydroxyl groups is 1. The third kappa shape index (κ3) is 6.68. The number of nitrogens with zero attached hydrogens (tertiary/aromatic N) is 4. The highest BCUT2D eigenvalue weighted by molar-refractivity contribution is 6.37. The Morgan fingerprint density at radius 3 is 2.36 bits per heavy atom. The van der Waals surface area contributed by atoms with Gasteiger partial charge in [-0.15, -0.1) is 0 Å². The lowest BCUT2D eigenvalue weighted by Crippen LogP contribution is -2.24. The van der Waals surface area contributed by atoms with E-state index in [0.717, 1.165) is 28.2 Å². The fourth-order valence-corrected chi connectivity index (χ4v) is 5.15. The van der Waals surface area contributed by atoms with E-state index in [1.165, 1.54) is 5.56 Å². The number of aliphatic hydroxyl groups excluding tert-OH is 1. The van der Waals surface area contributed by atoms with E-state index < -0.39 is 12.1 Å². The Balaban J connectivity index is 0.000000175. The van der Waals surface area contributed by atoms with Crippen molar-refractivity contribution in [2.75, 3.05) is 19.4 Å². The van der Waals surface area contributed by atoms with Crippen LogP contribution in [0, 0.1) is 13.8 Å². The number of hydrogen-bond acceptors (Lipinski definition) is 5. The lowest BCUT2D eigenvalue weighted by atomic mass is 10.0. The molecule has 1 aliphatic heterocycles. The van der Waals surface area contributed by atoms with Gasteiger partial charge in [0.1, 0.15) is 5.65 Å². The number of carbonyl (C=O) groups is 2. The first-order chi connectivity index (χ1) is 21.0. The van der Waals surface area contributed by atoms with Crippen molar-refractivity contribution in [3.05, 3.63) is 123 Å². The van der Waals surface area contributed by atoms with Crippen LogP contribution in [0.5, 0.6) is 0 Å². The second kappa shape index (κ2) is 13.0. The number of pyridine rings is 1. The number of likely N-dealkylation sites (N-methyl/N-ethyl adjacent to an activating group) is 1. The van der Waals surface area contributed by atoms with Gasteiger partial charge < -0.3 is 19.7 Å². The summed E-state index contributed by atoms with van der Waals surface area (Å²) in [5.41, 5.74) is 8.26. The van der Waals surface area contributed by atoms with E-state index in [2.05, 4.69) is 41.5 Å². The maximum absolute atomic E-state index is 12.3. The number of benzodiazepines with no additional fused rings is 1. The van der Waals surface area contributed by atoms with E-state index >= 15 is 0 Å². The van der Waals surface area contributed by atoms with Gasteiger partial charge in [-0.25, -0.2) is 9.98 Å². The van der Waals surface area contributed by atoms with Crippen molar-refractivity contribution in [2.24, 2.45) is 4.99 Å². The van der Waals surface area contributed by atoms with Gasteiger partial charge in [0.15, 0.2) is 0 Å². The summed E-state index contributed by atoms with van der Waals surface area (Å²) < 4.78 is 2.03. The second-order valence-corrected chi connectivity index (χ2v) is 11.5. The van der Waals surface area contributed by atoms with Crippen LogP contribution in [-0.2, 0) is 16.0 Å². The Morgan fingerprint density at radius 2 is 1.66 bits per heavy atom. The van der Waals surface area contributed by atoms with E-state index in [-0.39, 0.29) is 5.91 Å². The molecule has 44 heavy (non-hydrogen) atoms. The summed E-state index contributed by atoms with van der Waals surface area (Å²) in [5.74, 6) is -0.526. The molecule has 1 unspecified atom stereocenters. The maximum atomic E-state index is 12.3. The molecule has 224 valence electrons. The molecular formula is C34H31Cl2N5O3. The highest BCUT2D eigenvalue weighted by atomic mass is 35.5. The second-order valence-electron chi connectivity index (χ2n) is 10.7. The number of imidazole rings is 1. The van der Waals surface area contributed by atoms with E-state index in [1.807, 2.05) is 29.7 Å². The zero-order chi connectivity index (χ0) is 31.5. The number of hydrogen-bond donors (Lipinski definition) is 2. The van der Waals surface area contributed by atoms with E-state index in [0.29, 0.717) is 39.0 Å². The Bertz CT molecular complexity index is 1900. The van der Waals surface area contributed by atoms with Crippen molar-refractivity contribution in [3.8, 4) is 11.3 Å². The van der Waals surface area contributed by atoms with Gasteiger partial charge in [-0.05, 0) is 49.7 Å². The molecule has 0 saturated carbocycles. The topological polar surface area (TPSA) is 99.3 Å². The van der Waals surface area contributed by atoms with Crippen molar-refractivity contribution < 1.29 is 14.7 Å². The van der Waals surface area contributed by atoms with Gasteiger partial charge in [-0.2, -0.15) is 0 Å². The van der Waals surface area contributed by atoms with Crippen LogP contribution in [0.25, 0.3) is 16.9 Å². The van der Waals surface area contributed by atoms with E-state index in [9.17, 15) is 14.7 Å². The van der Waals surface area contributed by atoms with Gasteiger partial charge in [0.05, 0.1) is 29.2 Å². The molecule has 0 bridgehead atoms. The van der Waals surface area contributed by atoms with Gasteiger partial charge in [0.25, 0.3) is 5.91 Å². The van der Waals surface area contributed by atoms with Crippen molar-refractivity contribution in [1.82, 2.24) is 14.3 Å². The van der Waals surface area contributed by atoms with E-state index in [1.54, 1.807) is 61.5 Å². The number of halogens is 2. The highest BCUT2D eigenvalue weighted by Gasteiger charge is 2.25. The molecule has 10 heteroatoms. The Morgan fingerprint density at radius 1 is 0.955 bits per heavy atom. The van der Waals surface area contributed by atoms with Crippen LogP contribution in [0.3, 0.4) is 0 Å². The Labute approximate surface area is 265 Å². The maximum Gasteiger partial charge on any atom is 0.276 e. The third-order valence-electron chi connectivity index (χ3n) is 7.12. The normalized spacial score (nSPS) is 14.1. The highest BCUT2D eigenvalue weighted by Crippen LogP contribution is 2.30. The number of aromatic nitrogens is 2. The first-order valence-corrected chi connectivity index (χ1v) is 14.6. The molecule has 6 rings (SSSR count). The number of nitrogens with one attached hydrogen (secondary N) is 1. The lowest BCUT2D eigenvalue weighted by Gasteiger charge is -2.11. The number of amides is 2. The summed E-state index contributed by atoms with van der Waals surface area (Å²) in [6.07, 6.45) is 0.876. The predicted octanol–water partition coefficient (Wildman–Crippen LogP) is 6.35. The average molecular weight is 629 g/mol. The summed E-state index contributed by atoms with van der Waals surface area (Å²) in [4.78, 5) is 34.5. The Hall–Kier alpha value is -4.50. The number of benzene rings is 3. The van der Waals surface area contributed by atoms with Gasteiger partial charge in [-0.1, -0.05) is 77.3 Å². The largest absolute Gasteiger partial charge is 0.364 e. The summed E-state index contributed by atoms with van der Waals surface area (Å²) in [5, 5.41) is 13.4. The minimum Gasteiger partial charge on any atom is -0.364 e. The smallest absolute Gasteiger partial charge is 0.276 e. The number of aliphatic imine (C=N–C) groups is 1. The minimum atomic E-state index is -1.50. The van der Waals surface area contributed by atoms with Gasteiger partial charge in [0, 0.05) is 47.0 Å². The summed E-state index contributed by atoms with van der Waals surface area (Å²) in [7, 11) is 3.56. The molecule has 2 N–H and O–H groups in total.